The molecule has 0 aromatic rings. The Balaban J connectivity index is 0. The second kappa shape index (κ2) is 7.15. The number of carbonyl (C=O) groups is 1. The van der Waals surface area contributed by atoms with Gasteiger partial charge in [-0.05, 0) is 13.3 Å². The molecule has 0 bridgehead atoms. The molecule has 0 unspecified atom stereocenters. The van der Waals surface area contributed by atoms with Gasteiger partial charge in [0, 0.05) is 30.1 Å². The van der Waals surface area contributed by atoms with Gasteiger partial charge in [0.25, 0.3) is 0 Å². The number of carbonyl (C=O) groups excluding carboxylic acids is 1. The number of aliphatic hydroxyl groups excluding tert-OH is 1. The number of aliphatic hydroxyl groups is 1. The molecule has 3 heteroatoms. The van der Waals surface area contributed by atoms with E-state index in [0.717, 1.165) is 0 Å². The van der Waals surface area contributed by atoms with Gasteiger partial charge in [0.1, 0.15) is 5.78 Å². The van der Waals surface area contributed by atoms with Crippen molar-refractivity contribution in [3.05, 3.63) is 0 Å². The molecule has 0 heterocycles. The smallest absolute Gasteiger partial charge is 0.129 e. The molecular formula is C5H10FeO2. The molecule has 0 saturated carbocycles. The summed E-state index contributed by atoms with van der Waals surface area (Å²) in [7, 11) is 0. The molecule has 0 fully saturated rings. The molecule has 0 spiro atoms. The van der Waals surface area contributed by atoms with Crippen molar-refractivity contribution in [2.45, 2.75) is 19.8 Å². The van der Waals surface area contributed by atoms with E-state index in [4.69, 9.17) is 5.11 Å². The minimum atomic E-state index is 0. The molecule has 0 aliphatic rings. The first-order valence-electron chi connectivity index (χ1n) is 2.37. The Morgan fingerprint density at radius 3 is 2.25 bits per heavy atom. The monoisotopic (exact) mass is 158 g/mol. The van der Waals surface area contributed by atoms with Crippen LogP contribution < -0.4 is 0 Å². The van der Waals surface area contributed by atoms with Crippen LogP contribution in [0.4, 0.5) is 0 Å². The van der Waals surface area contributed by atoms with E-state index >= 15 is 0 Å². The number of Topliss-reactive ketones (excluding diaryl/α,β-unsaturated/α-hetero) is 1. The van der Waals surface area contributed by atoms with Crippen molar-refractivity contribution < 1.29 is 27.0 Å². The molecule has 0 aliphatic carbocycles. The van der Waals surface area contributed by atoms with Gasteiger partial charge >= 0.3 is 0 Å². The summed E-state index contributed by atoms with van der Waals surface area (Å²) in [6.45, 7) is 1.65. The predicted octanol–water partition coefficient (Wildman–Crippen LogP) is 0.345. The summed E-state index contributed by atoms with van der Waals surface area (Å²) >= 11 is 0. The van der Waals surface area contributed by atoms with E-state index in [2.05, 4.69) is 0 Å². The van der Waals surface area contributed by atoms with Crippen LogP contribution in [0, 0.1) is 0 Å². The van der Waals surface area contributed by atoms with Crippen molar-refractivity contribution in [3.8, 4) is 0 Å². The average molecular weight is 158 g/mol. The number of ketones is 1. The fraction of sp³-hybridized carbons (Fsp3) is 0.800. The van der Waals surface area contributed by atoms with Crippen molar-refractivity contribution in [2.24, 2.45) is 0 Å². The number of rotatable bonds is 3. The molecule has 2 nitrogen and oxygen atoms in total. The maximum atomic E-state index is 10.1. The Morgan fingerprint density at radius 1 is 1.62 bits per heavy atom. The molecule has 0 rings (SSSR count). The normalized spacial score (nSPS) is 7.75. The zero-order chi connectivity index (χ0) is 5.70. The molecule has 1 N–H and O–H groups in total. The molecular weight excluding hydrogens is 148 g/mol. The SMILES string of the molecule is CC(=O)CCCO.[Fe]. The summed E-state index contributed by atoms with van der Waals surface area (Å²) in [4.78, 5) is 10.1. The van der Waals surface area contributed by atoms with Crippen LogP contribution in [-0.2, 0) is 21.9 Å². The van der Waals surface area contributed by atoms with Crippen LogP contribution in [0.5, 0.6) is 0 Å². The van der Waals surface area contributed by atoms with Crippen molar-refractivity contribution in [3.63, 3.8) is 0 Å². The van der Waals surface area contributed by atoms with E-state index in [9.17, 15) is 4.79 Å². The fourth-order valence-corrected chi connectivity index (χ4v) is 0.328. The van der Waals surface area contributed by atoms with E-state index in [1.165, 1.54) is 6.92 Å². The Labute approximate surface area is 59.8 Å². The molecule has 0 radical (unpaired) electrons. The summed E-state index contributed by atoms with van der Waals surface area (Å²) < 4.78 is 0. The first-order valence-corrected chi connectivity index (χ1v) is 2.37. The van der Waals surface area contributed by atoms with Crippen LogP contribution in [0.1, 0.15) is 19.8 Å². The van der Waals surface area contributed by atoms with Gasteiger partial charge in [0.15, 0.2) is 0 Å². The molecule has 0 saturated heterocycles. The van der Waals surface area contributed by atoms with E-state index in [-0.39, 0.29) is 29.5 Å². The van der Waals surface area contributed by atoms with Crippen LogP contribution in [0.25, 0.3) is 0 Å². The summed E-state index contributed by atoms with van der Waals surface area (Å²) in [6, 6.07) is 0. The molecule has 0 atom stereocenters. The molecule has 0 aliphatic heterocycles. The van der Waals surface area contributed by atoms with Gasteiger partial charge in [-0.15, -0.1) is 0 Å². The van der Waals surface area contributed by atoms with Gasteiger partial charge in [-0.2, -0.15) is 0 Å². The van der Waals surface area contributed by atoms with Crippen molar-refractivity contribution >= 4 is 5.78 Å². The summed E-state index contributed by atoms with van der Waals surface area (Å²) in [5.41, 5.74) is 0. The third kappa shape index (κ3) is 9.47. The van der Waals surface area contributed by atoms with E-state index in [1.807, 2.05) is 0 Å². The first-order chi connectivity index (χ1) is 3.27. The standard InChI is InChI=1S/C5H10O2.Fe/c1-5(7)3-2-4-6;/h6H,2-4H2,1H3;. The van der Waals surface area contributed by atoms with E-state index in [1.54, 1.807) is 0 Å². The Bertz CT molecular complexity index is 63.4. The van der Waals surface area contributed by atoms with Crippen molar-refractivity contribution in [1.29, 1.82) is 0 Å². The Kier molecular flexibility index (Phi) is 9.84. The van der Waals surface area contributed by atoms with Crippen molar-refractivity contribution in [2.75, 3.05) is 6.61 Å². The van der Waals surface area contributed by atoms with Gasteiger partial charge in [0.05, 0.1) is 0 Å². The minimum absolute atomic E-state index is 0. The van der Waals surface area contributed by atoms with Gasteiger partial charge in [-0.1, -0.05) is 0 Å². The quantitative estimate of drug-likeness (QED) is 0.601. The maximum absolute atomic E-state index is 10.1. The molecule has 50 valence electrons. The van der Waals surface area contributed by atoms with E-state index in [0.29, 0.717) is 12.8 Å². The zero-order valence-corrected chi connectivity index (χ0v) is 5.93. The van der Waals surface area contributed by atoms with Crippen LogP contribution in [-0.4, -0.2) is 17.5 Å². The molecule has 0 aromatic carbocycles. The molecule has 0 aromatic heterocycles. The average Bonchev–Trinajstić information content (AvgIpc) is 1.61. The minimum Gasteiger partial charge on any atom is -0.396 e. The van der Waals surface area contributed by atoms with Crippen LogP contribution in [0.2, 0.25) is 0 Å². The third-order valence-electron chi connectivity index (χ3n) is 0.687. The first kappa shape index (κ1) is 11.0. The number of hydrogen-bond acceptors (Lipinski definition) is 2. The third-order valence-corrected chi connectivity index (χ3v) is 0.687. The van der Waals surface area contributed by atoms with Gasteiger partial charge < -0.3 is 9.90 Å². The van der Waals surface area contributed by atoms with Crippen LogP contribution in [0.15, 0.2) is 0 Å². The van der Waals surface area contributed by atoms with Gasteiger partial charge in [0.2, 0.25) is 0 Å². The van der Waals surface area contributed by atoms with Crippen LogP contribution in [0.3, 0.4) is 0 Å². The number of hydrogen-bond donors (Lipinski definition) is 1. The fourth-order valence-electron chi connectivity index (χ4n) is 0.328. The Hall–Kier alpha value is 0.149. The molecule has 8 heavy (non-hydrogen) atoms. The van der Waals surface area contributed by atoms with Gasteiger partial charge in [-0.25, -0.2) is 0 Å². The largest absolute Gasteiger partial charge is 0.396 e. The van der Waals surface area contributed by atoms with Crippen molar-refractivity contribution in [1.82, 2.24) is 0 Å². The van der Waals surface area contributed by atoms with Crippen LogP contribution >= 0.6 is 0 Å². The summed E-state index contributed by atoms with van der Waals surface area (Å²) in [5, 5.41) is 8.16. The Morgan fingerprint density at radius 2 is 2.12 bits per heavy atom. The topological polar surface area (TPSA) is 37.3 Å². The maximum Gasteiger partial charge on any atom is 0.129 e. The zero-order valence-electron chi connectivity index (χ0n) is 4.83. The summed E-state index contributed by atoms with van der Waals surface area (Å²) in [5.74, 6) is 0.147. The second-order valence-electron chi connectivity index (χ2n) is 1.53. The van der Waals surface area contributed by atoms with E-state index < -0.39 is 0 Å². The predicted molar refractivity (Wildman–Crippen MR) is 27.0 cm³/mol. The van der Waals surface area contributed by atoms with Gasteiger partial charge in [-0.3, -0.25) is 0 Å². The second-order valence-corrected chi connectivity index (χ2v) is 1.53. The summed E-state index contributed by atoms with van der Waals surface area (Å²) in [6.07, 6.45) is 1.12. The molecule has 0 amide bonds.